The topological polar surface area (TPSA) is 71.1 Å². The van der Waals surface area contributed by atoms with Crippen molar-refractivity contribution in [1.29, 1.82) is 0 Å². The van der Waals surface area contributed by atoms with Gasteiger partial charge in [0.2, 0.25) is 0 Å². The summed E-state index contributed by atoms with van der Waals surface area (Å²) in [7, 11) is 0. The first-order chi connectivity index (χ1) is 10.2. The van der Waals surface area contributed by atoms with Crippen molar-refractivity contribution in [3.8, 4) is 23.0 Å². The van der Waals surface area contributed by atoms with Crippen molar-refractivity contribution in [1.82, 2.24) is 0 Å². The number of para-hydroxylation sites is 2. The third kappa shape index (κ3) is 1.59. The zero-order valence-corrected chi connectivity index (χ0v) is 10.6. The van der Waals surface area contributed by atoms with E-state index in [0.29, 0.717) is 35.2 Å². The van der Waals surface area contributed by atoms with Crippen LogP contribution in [0.2, 0.25) is 0 Å². The Morgan fingerprint density at radius 3 is 1.62 bits per heavy atom. The molecule has 2 aliphatic rings. The number of rotatable bonds is 2. The molecule has 6 nitrogen and oxygen atoms in total. The summed E-state index contributed by atoms with van der Waals surface area (Å²) in [4.78, 5) is 22.0. The SMILES string of the molecule is O=Cc1cccc2c1OC1(O2)Oc2cccc(C=O)c2O1. The van der Waals surface area contributed by atoms with Crippen molar-refractivity contribution < 1.29 is 28.5 Å². The minimum absolute atomic E-state index is 0.243. The van der Waals surface area contributed by atoms with Crippen LogP contribution < -0.4 is 18.9 Å². The second kappa shape index (κ2) is 3.99. The zero-order chi connectivity index (χ0) is 14.4. The van der Waals surface area contributed by atoms with Gasteiger partial charge in [-0.3, -0.25) is 9.59 Å². The van der Waals surface area contributed by atoms with E-state index >= 15 is 0 Å². The average molecular weight is 284 g/mol. The molecule has 0 saturated heterocycles. The van der Waals surface area contributed by atoms with Crippen molar-refractivity contribution in [2.24, 2.45) is 0 Å². The van der Waals surface area contributed by atoms with E-state index in [-0.39, 0.29) is 11.5 Å². The highest BCUT2D eigenvalue weighted by atomic mass is 17.0. The number of aldehydes is 2. The van der Waals surface area contributed by atoms with Gasteiger partial charge in [-0.15, -0.1) is 0 Å². The molecule has 0 amide bonds. The number of ether oxygens (including phenoxy) is 4. The predicted molar refractivity (Wildman–Crippen MR) is 68.9 cm³/mol. The maximum Gasteiger partial charge on any atom is 0.611 e. The van der Waals surface area contributed by atoms with Gasteiger partial charge in [0, 0.05) is 0 Å². The smallest absolute Gasteiger partial charge is 0.382 e. The Morgan fingerprint density at radius 1 is 0.714 bits per heavy atom. The quantitative estimate of drug-likeness (QED) is 0.787. The van der Waals surface area contributed by atoms with E-state index in [1.165, 1.54) is 0 Å². The van der Waals surface area contributed by atoms with Crippen LogP contribution in [0.15, 0.2) is 36.4 Å². The summed E-state index contributed by atoms with van der Waals surface area (Å²) < 4.78 is 22.2. The molecule has 2 heterocycles. The van der Waals surface area contributed by atoms with Gasteiger partial charge in [-0.05, 0) is 24.3 Å². The standard InChI is InChI=1S/C15H8O6/c16-7-9-3-1-5-11-13(9)20-15(18-11)19-12-6-2-4-10(8-17)14(12)21-15/h1-8H. The van der Waals surface area contributed by atoms with Crippen LogP contribution in [0.4, 0.5) is 0 Å². The molecule has 0 bridgehead atoms. The van der Waals surface area contributed by atoms with Crippen molar-refractivity contribution >= 4 is 12.6 Å². The lowest BCUT2D eigenvalue weighted by atomic mass is 10.2. The fourth-order valence-corrected chi connectivity index (χ4v) is 2.27. The van der Waals surface area contributed by atoms with Crippen molar-refractivity contribution in [2.75, 3.05) is 0 Å². The Balaban J connectivity index is 1.75. The normalized spacial score (nSPS) is 16.0. The van der Waals surface area contributed by atoms with Gasteiger partial charge in [0.25, 0.3) is 0 Å². The molecule has 0 aliphatic carbocycles. The van der Waals surface area contributed by atoms with Crippen LogP contribution in [0.25, 0.3) is 0 Å². The summed E-state index contributed by atoms with van der Waals surface area (Å²) in [5, 5.41) is 0. The van der Waals surface area contributed by atoms with Crippen LogP contribution in [-0.2, 0) is 0 Å². The van der Waals surface area contributed by atoms with E-state index in [2.05, 4.69) is 0 Å². The maximum atomic E-state index is 11.0. The molecule has 0 N–H and O–H groups in total. The molecule has 0 aromatic heterocycles. The molecular weight excluding hydrogens is 276 g/mol. The van der Waals surface area contributed by atoms with Gasteiger partial charge >= 0.3 is 6.16 Å². The predicted octanol–water partition coefficient (Wildman–Crippen LogP) is 2.17. The van der Waals surface area contributed by atoms with Crippen molar-refractivity contribution in [3.05, 3.63) is 47.5 Å². The average Bonchev–Trinajstić information content (AvgIpc) is 3.04. The van der Waals surface area contributed by atoms with Gasteiger partial charge in [-0.25, -0.2) is 0 Å². The van der Waals surface area contributed by atoms with Gasteiger partial charge in [-0.1, -0.05) is 12.1 Å². The monoisotopic (exact) mass is 284 g/mol. The largest absolute Gasteiger partial charge is 0.611 e. The minimum atomic E-state index is -1.83. The summed E-state index contributed by atoms with van der Waals surface area (Å²) in [6.45, 7) is 0. The molecule has 104 valence electrons. The van der Waals surface area contributed by atoms with Crippen molar-refractivity contribution in [2.45, 2.75) is 6.16 Å². The Bertz CT molecular complexity index is 701. The molecule has 0 radical (unpaired) electrons. The summed E-state index contributed by atoms with van der Waals surface area (Å²) in [5.41, 5.74) is 0.645. The first-order valence-corrected chi connectivity index (χ1v) is 6.17. The number of fused-ring (bicyclic) bond motifs is 2. The van der Waals surface area contributed by atoms with Crippen LogP contribution >= 0.6 is 0 Å². The highest BCUT2D eigenvalue weighted by Crippen LogP contribution is 2.49. The van der Waals surface area contributed by atoms with E-state index in [1.807, 2.05) is 0 Å². The molecular formula is C15H8O6. The Morgan fingerprint density at radius 2 is 1.19 bits per heavy atom. The second-order valence-electron chi connectivity index (χ2n) is 4.49. The fraction of sp³-hybridized carbons (Fsp3) is 0.0667. The molecule has 2 aromatic rings. The summed E-state index contributed by atoms with van der Waals surface area (Å²) in [6.07, 6.45) is -0.525. The summed E-state index contributed by atoms with van der Waals surface area (Å²) in [6, 6.07) is 9.76. The van der Waals surface area contributed by atoms with Crippen LogP contribution in [0.1, 0.15) is 20.7 Å². The lowest BCUT2D eigenvalue weighted by molar-refractivity contribution is -0.330. The second-order valence-corrected chi connectivity index (χ2v) is 4.49. The fourth-order valence-electron chi connectivity index (χ4n) is 2.27. The van der Waals surface area contributed by atoms with E-state index in [1.54, 1.807) is 36.4 Å². The van der Waals surface area contributed by atoms with Crippen LogP contribution in [-0.4, -0.2) is 18.7 Å². The number of benzene rings is 2. The number of hydrogen-bond donors (Lipinski definition) is 0. The first kappa shape index (κ1) is 11.8. The molecule has 1 spiro atoms. The van der Waals surface area contributed by atoms with Crippen LogP contribution in [0, 0.1) is 0 Å². The Labute approximate surface area is 118 Å². The van der Waals surface area contributed by atoms with Crippen molar-refractivity contribution in [3.63, 3.8) is 0 Å². The Hall–Kier alpha value is -3.02. The van der Waals surface area contributed by atoms with E-state index < -0.39 is 6.16 Å². The molecule has 6 heteroatoms. The summed E-state index contributed by atoms with van der Waals surface area (Å²) in [5.74, 6) is 1.15. The third-order valence-corrected chi connectivity index (χ3v) is 3.20. The molecule has 0 fully saturated rings. The van der Waals surface area contributed by atoms with Gasteiger partial charge < -0.3 is 18.9 Å². The molecule has 21 heavy (non-hydrogen) atoms. The maximum absolute atomic E-state index is 11.0. The van der Waals surface area contributed by atoms with Crippen LogP contribution in [0.3, 0.4) is 0 Å². The molecule has 2 aliphatic heterocycles. The highest BCUT2D eigenvalue weighted by molar-refractivity contribution is 5.82. The minimum Gasteiger partial charge on any atom is -0.382 e. The molecule has 0 unspecified atom stereocenters. The highest BCUT2D eigenvalue weighted by Gasteiger charge is 2.55. The first-order valence-electron chi connectivity index (χ1n) is 6.17. The number of carbonyl (C=O) groups is 2. The van der Waals surface area contributed by atoms with Gasteiger partial charge in [0.05, 0.1) is 11.1 Å². The van der Waals surface area contributed by atoms with E-state index in [4.69, 9.17) is 18.9 Å². The van der Waals surface area contributed by atoms with Gasteiger partial charge in [0.15, 0.2) is 35.6 Å². The summed E-state index contributed by atoms with van der Waals surface area (Å²) >= 11 is 0. The van der Waals surface area contributed by atoms with E-state index in [9.17, 15) is 9.59 Å². The van der Waals surface area contributed by atoms with E-state index in [0.717, 1.165) is 0 Å². The Kier molecular flexibility index (Phi) is 2.24. The molecule has 0 atom stereocenters. The van der Waals surface area contributed by atoms with Gasteiger partial charge in [0.1, 0.15) is 0 Å². The lowest BCUT2D eigenvalue weighted by Crippen LogP contribution is -2.47. The molecule has 2 aromatic carbocycles. The number of carbonyl (C=O) groups excluding carboxylic acids is 2. The van der Waals surface area contributed by atoms with Gasteiger partial charge in [-0.2, -0.15) is 0 Å². The molecule has 0 saturated carbocycles. The zero-order valence-electron chi connectivity index (χ0n) is 10.6. The lowest BCUT2D eigenvalue weighted by Gasteiger charge is -2.18. The third-order valence-electron chi connectivity index (χ3n) is 3.20. The van der Waals surface area contributed by atoms with Crippen LogP contribution in [0.5, 0.6) is 23.0 Å². The number of hydrogen-bond acceptors (Lipinski definition) is 6. The molecule has 4 rings (SSSR count).